The summed E-state index contributed by atoms with van der Waals surface area (Å²) in [6.45, 7) is 3.23. The van der Waals surface area contributed by atoms with Gasteiger partial charge in [-0.05, 0) is 31.7 Å². The number of aromatic nitrogens is 4. The summed E-state index contributed by atoms with van der Waals surface area (Å²) in [5.41, 5.74) is 2.16. The zero-order valence-electron chi connectivity index (χ0n) is 16.6. The van der Waals surface area contributed by atoms with Crippen molar-refractivity contribution in [2.45, 2.75) is 32.7 Å². The van der Waals surface area contributed by atoms with Gasteiger partial charge in [0.05, 0.1) is 12.3 Å². The summed E-state index contributed by atoms with van der Waals surface area (Å²) in [5.74, 6) is 0.433. The number of pyridine rings is 1. The van der Waals surface area contributed by atoms with Crippen LogP contribution in [-0.2, 0) is 17.7 Å². The maximum atomic E-state index is 12.6. The first-order valence-electron chi connectivity index (χ1n) is 9.87. The average Bonchev–Trinajstić information content (AvgIpc) is 3.43. The molecule has 1 N–H and O–H groups in total. The van der Waals surface area contributed by atoms with Gasteiger partial charge in [0.1, 0.15) is 23.6 Å². The Morgan fingerprint density at radius 2 is 2.30 bits per heavy atom. The molecule has 3 aromatic heterocycles. The van der Waals surface area contributed by atoms with Gasteiger partial charge in [0.2, 0.25) is 0 Å². The molecule has 1 amide bonds. The van der Waals surface area contributed by atoms with Crippen LogP contribution in [-0.4, -0.2) is 51.3 Å². The van der Waals surface area contributed by atoms with E-state index in [0.29, 0.717) is 29.6 Å². The number of nitrogens with zero attached hydrogens (tertiary/aromatic N) is 4. The van der Waals surface area contributed by atoms with Crippen LogP contribution in [0.15, 0.2) is 30.7 Å². The molecule has 1 aliphatic heterocycles. The standard InChI is InChI=1S/C20H23F2N5O3/c1-2-30-17-8-19-23-14(7-13-4-6-29-12-13)9-26(19)10-16(17)24-20(28)15-3-5-27(25-15)11-18(21)22/h3,5,8-10,13,18H,2,4,6-7,11-12H2,1H3,(H,24,28). The Hall–Kier alpha value is -3.01. The third kappa shape index (κ3) is 4.59. The van der Waals surface area contributed by atoms with Crippen LogP contribution in [0.4, 0.5) is 14.5 Å². The molecule has 0 aliphatic carbocycles. The van der Waals surface area contributed by atoms with Gasteiger partial charge in [-0.1, -0.05) is 0 Å². The molecule has 1 atom stereocenters. The van der Waals surface area contributed by atoms with E-state index >= 15 is 0 Å². The Balaban J connectivity index is 1.55. The highest BCUT2D eigenvalue weighted by Crippen LogP contribution is 2.28. The Kier molecular flexibility index (Phi) is 5.93. The molecule has 0 radical (unpaired) electrons. The fraction of sp³-hybridized carbons (Fsp3) is 0.450. The maximum absolute atomic E-state index is 12.6. The summed E-state index contributed by atoms with van der Waals surface area (Å²) in [6.07, 6.45) is 4.32. The number of amides is 1. The molecule has 3 aromatic rings. The summed E-state index contributed by atoms with van der Waals surface area (Å²) in [5, 5.41) is 6.66. The smallest absolute Gasteiger partial charge is 0.276 e. The fourth-order valence-electron chi connectivity index (χ4n) is 3.49. The van der Waals surface area contributed by atoms with E-state index in [2.05, 4.69) is 15.4 Å². The number of rotatable bonds is 8. The molecule has 1 aliphatic rings. The molecular formula is C20H23F2N5O3. The second-order valence-corrected chi connectivity index (χ2v) is 7.18. The van der Waals surface area contributed by atoms with Crippen molar-refractivity contribution in [1.29, 1.82) is 0 Å². The van der Waals surface area contributed by atoms with Gasteiger partial charge in [0.25, 0.3) is 12.3 Å². The number of imidazole rings is 1. The normalized spacial score (nSPS) is 16.5. The van der Waals surface area contributed by atoms with Crippen molar-refractivity contribution in [1.82, 2.24) is 19.2 Å². The molecule has 30 heavy (non-hydrogen) atoms. The topological polar surface area (TPSA) is 82.7 Å². The number of ether oxygens (including phenoxy) is 2. The van der Waals surface area contributed by atoms with E-state index in [4.69, 9.17) is 9.47 Å². The Morgan fingerprint density at radius 3 is 3.03 bits per heavy atom. The maximum Gasteiger partial charge on any atom is 0.276 e. The molecule has 1 unspecified atom stereocenters. The van der Waals surface area contributed by atoms with E-state index < -0.39 is 18.9 Å². The second-order valence-electron chi connectivity index (χ2n) is 7.18. The van der Waals surface area contributed by atoms with Crippen LogP contribution in [0.3, 0.4) is 0 Å². The zero-order valence-corrected chi connectivity index (χ0v) is 16.6. The number of hydrogen-bond donors (Lipinski definition) is 1. The van der Waals surface area contributed by atoms with E-state index in [9.17, 15) is 13.6 Å². The van der Waals surface area contributed by atoms with Gasteiger partial charge in [-0.2, -0.15) is 5.10 Å². The van der Waals surface area contributed by atoms with Gasteiger partial charge in [-0.3, -0.25) is 9.48 Å². The van der Waals surface area contributed by atoms with Crippen LogP contribution in [0.1, 0.15) is 29.5 Å². The summed E-state index contributed by atoms with van der Waals surface area (Å²) in [4.78, 5) is 17.2. The lowest BCUT2D eigenvalue weighted by Gasteiger charge is -2.11. The molecule has 1 saturated heterocycles. The van der Waals surface area contributed by atoms with Crippen LogP contribution >= 0.6 is 0 Å². The van der Waals surface area contributed by atoms with Crippen molar-refractivity contribution < 1.29 is 23.0 Å². The molecular weight excluding hydrogens is 396 g/mol. The van der Waals surface area contributed by atoms with Gasteiger partial charge in [-0.15, -0.1) is 0 Å². The molecule has 8 nitrogen and oxygen atoms in total. The minimum atomic E-state index is -2.54. The van der Waals surface area contributed by atoms with Gasteiger partial charge in [0, 0.05) is 37.9 Å². The van der Waals surface area contributed by atoms with Crippen molar-refractivity contribution in [2.24, 2.45) is 5.92 Å². The molecule has 0 saturated carbocycles. The average molecular weight is 419 g/mol. The lowest BCUT2D eigenvalue weighted by molar-refractivity contribution is 0.101. The zero-order chi connectivity index (χ0) is 21.1. The van der Waals surface area contributed by atoms with Gasteiger partial charge in [-0.25, -0.2) is 13.8 Å². The molecule has 0 bridgehead atoms. The number of carbonyl (C=O) groups excluding carboxylic acids is 1. The number of alkyl halides is 2. The molecule has 10 heteroatoms. The number of anilines is 1. The number of carbonyl (C=O) groups is 1. The third-order valence-electron chi connectivity index (χ3n) is 4.87. The monoisotopic (exact) mass is 419 g/mol. The van der Waals surface area contributed by atoms with Gasteiger partial charge >= 0.3 is 0 Å². The number of nitrogens with one attached hydrogen (secondary N) is 1. The van der Waals surface area contributed by atoms with Crippen LogP contribution in [0, 0.1) is 5.92 Å². The molecule has 0 aromatic carbocycles. The molecule has 0 spiro atoms. The first-order valence-corrected chi connectivity index (χ1v) is 9.87. The van der Waals surface area contributed by atoms with Crippen LogP contribution in [0.25, 0.3) is 5.65 Å². The Morgan fingerprint density at radius 1 is 1.43 bits per heavy atom. The largest absolute Gasteiger partial charge is 0.491 e. The van der Waals surface area contributed by atoms with Gasteiger partial charge < -0.3 is 19.2 Å². The predicted molar refractivity (Wildman–Crippen MR) is 105 cm³/mol. The first-order chi connectivity index (χ1) is 14.5. The van der Waals surface area contributed by atoms with E-state index in [1.807, 2.05) is 17.5 Å². The predicted octanol–water partition coefficient (Wildman–Crippen LogP) is 3.03. The molecule has 160 valence electrons. The first kappa shape index (κ1) is 20.3. The summed E-state index contributed by atoms with van der Waals surface area (Å²) in [7, 11) is 0. The van der Waals surface area contributed by atoms with E-state index in [1.165, 1.54) is 12.3 Å². The number of hydrogen-bond acceptors (Lipinski definition) is 5. The highest BCUT2D eigenvalue weighted by atomic mass is 19.3. The number of fused-ring (bicyclic) bond motifs is 1. The Labute approximate surface area is 171 Å². The number of halogens is 2. The van der Waals surface area contributed by atoms with Crippen molar-refractivity contribution in [2.75, 3.05) is 25.1 Å². The van der Waals surface area contributed by atoms with Crippen LogP contribution in [0.5, 0.6) is 5.75 Å². The fourth-order valence-corrected chi connectivity index (χ4v) is 3.49. The minimum Gasteiger partial charge on any atom is -0.491 e. The highest BCUT2D eigenvalue weighted by molar-refractivity contribution is 6.03. The van der Waals surface area contributed by atoms with E-state index in [-0.39, 0.29) is 5.69 Å². The van der Waals surface area contributed by atoms with Crippen molar-refractivity contribution in [3.63, 3.8) is 0 Å². The minimum absolute atomic E-state index is 0.0470. The summed E-state index contributed by atoms with van der Waals surface area (Å²) < 4.78 is 39.0. The van der Waals surface area contributed by atoms with Crippen molar-refractivity contribution in [3.8, 4) is 5.75 Å². The van der Waals surface area contributed by atoms with Crippen LogP contribution < -0.4 is 10.1 Å². The quantitative estimate of drug-likeness (QED) is 0.607. The van der Waals surface area contributed by atoms with Crippen LogP contribution in [0.2, 0.25) is 0 Å². The molecule has 4 heterocycles. The second kappa shape index (κ2) is 8.78. The van der Waals surface area contributed by atoms with E-state index in [0.717, 1.165) is 36.4 Å². The summed E-state index contributed by atoms with van der Waals surface area (Å²) in [6, 6.07) is 3.17. The highest BCUT2D eigenvalue weighted by Gasteiger charge is 2.19. The summed E-state index contributed by atoms with van der Waals surface area (Å²) >= 11 is 0. The SMILES string of the molecule is CCOc1cc2nc(CC3CCOC3)cn2cc1NC(=O)c1ccn(CC(F)F)n1. The lowest BCUT2D eigenvalue weighted by atomic mass is 10.0. The molecule has 1 fully saturated rings. The van der Waals surface area contributed by atoms with E-state index in [1.54, 1.807) is 12.3 Å². The van der Waals surface area contributed by atoms with Crippen molar-refractivity contribution in [3.05, 3.63) is 42.1 Å². The molecule has 4 rings (SSSR count). The Bertz CT molecular complexity index is 1030. The van der Waals surface area contributed by atoms with Gasteiger partial charge in [0.15, 0.2) is 5.69 Å². The lowest BCUT2D eigenvalue weighted by Crippen LogP contribution is -2.15. The third-order valence-corrected chi connectivity index (χ3v) is 4.87. The van der Waals surface area contributed by atoms with Crippen molar-refractivity contribution >= 4 is 17.2 Å².